The van der Waals surface area contributed by atoms with E-state index in [9.17, 15) is 0 Å². The highest BCUT2D eigenvalue weighted by molar-refractivity contribution is 6.75. The lowest BCUT2D eigenvalue weighted by Gasteiger charge is -2.38. The number of benzene rings is 2. The van der Waals surface area contributed by atoms with Crippen LogP contribution >= 0.6 is 0 Å². The van der Waals surface area contributed by atoms with Crippen molar-refractivity contribution in [1.82, 2.24) is 0 Å². The van der Waals surface area contributed by atoms with Gasteiger partial charge >= 0.3 is 0 Å². The van der Waals surface area contributed by atoms with Gasteiger partial charge in [-0.3, -0.25) is 0 Å². The van der Waals surface area contributed by atoms with Gasteiger partial charge in [0.2, 0.25) is 15.1 Å². The maximum absolute atomic E-state index is 6.80. The molecule has 5 nitrogen and oxygen atoms in total. The van der Waals surface area contributed by atoms with Crippen LogP contribution in [0.1, 0.15) is 52.7 Å². The van der Waals surface area contributed by atoms with Crippen LogP contribution in [0.25, 0.3) is 12.2 Å². The summed E-state index contributed by atoms with van der Waals surface area (Å²) in [6.07, 6.45) is 4.10. The molecule has 0 radical (unpaired) electrons. The second kappa shape index (κ2) is 9.58. The standard InChI is InChI=1S/C28H42O5Si2/c1-27(2,3)34(8,9)32-22-15-14-20(24(17-22)33-35(10,11)28(4,5)6)12-13-21-16-25-26(31-19-30-25)18-23(21)29-7/h12-18H,19H2,1-11H3/b13-12+. The Hall–Kier alpha value is -2.39. The molecule has 3 rings (SSSR count). The van der Waals surface area contributed by atoms with Crippen LogP contribution in [0.2, 0.25) is 36.3 Å². The molecule has 1 aliphatic rings. The molecule has 0 unspecified atom stereocenters. The van der Waals surface area contributed by atoms with E-state index in [1.165, 1.54) is 0 Å². The molecule has 0 fully saturated rings. The molecular weight excluding hydrogens is 472 g/mol. The SMILES string of the molecule is COc1cc2c(cc1/C=C/c1ccc(O[Si](C)(C)C(C)(C)C)cc1O[Si](C)(C)C(C)(C)C)OCO2. The van der Waals surface area contributed by atoms with E-state index < -0.39 is 16.6 Å². The van der Waals surface area contributed by atoms with Gasteiger partial charge in [-0.1, -0.05) is 53.7 Å². The van der Waals surface area contributed by atoms with Crippen molar-refractivity contribution in [1.29, 1.82) is 0 Å². The minimum absolute atomic E-state index is 0.0742. The second-order valence-electron chi connectivity index (χ2n) is 12.2. The smallest absolute Gasteiger partial charge is 0.250 e. The summed E-state index contributed by atoms with van der Waals surface area (Å²) in [5, 5.41) is 0.187. The van der Waals surface area contributed by atoms with Gasteiger partial charge in [-0.25, -0.2) is 0 Å². The first-order valence-electron chi connectivity index (χ1n) is 12.2. The first kappa shape index (κ1) is 27.2. The maximum Gasteiger partial charge on any atom is 0.250 e. The van der Waals surface area contributed by atoms with E-state index >= 15 is 0 Å². The molecule has 0 aliphatic carbocycles. The molecule has 0 amide bonds. The molecule has 7 heteroatoms. The van der Waals surface area contributed by atoms with Gasteiger partial charge in [0.25, 0.3) is 8.32 Å². The van der Waals surface area contributed by atoms with Gasteiger partial charge in [0, 0.05) is 23.3 Å². The zero-order chi connectivity index (χ0) is 26.2. The quantitative estimate of drug-likeness (QED) is 0.274. The van der Waals surface area contributed by atoms with Crippen LogP contribution < -0.4 is 23.1 Å². The third kappa shape index (κ3) is 6.06. The Kier molecular flexibility index (Phi) is 7.45. The van der Waals surface area contributed by atoms with Crippen molar-refractivity contribution in [2.45, 2.75) is 77.8 Å². The number of fused-ring (bicyclic) bond motifs is 1. The maximum atomic E-state index is 6.80. The molecule has 1 heterocycles. The predicted octanol–water partition coefficient (Wildman–Crippen LogP) is 8.36. The van der Waals surface area contributed by atoms with E-state index in [4.69, 9.17) is 23.1 Å². The minimum atomic E-state index is -2.07. The summed E-state index contributed by atoms with van der Waals surface area (Å²) in [6.45, 7) is 22.8. The number of ether oxygens (including phenoxy) is 3. The normalized spacial score (nSPS) is 14.4. The second-order valence-corrected chi connectivity index (χ2v) is 21.7. The third-order valence-corrected chi connectivity index (χ3v) is 16.2. The van der Waals surface area contributed by atoms with Gasteiger partial charge in [0.05, 0.1) is 7.11 Å². The van der Waals surface area contributed by atoms with Crippen LogP contribution in [-0.4, -0.2) is 30.5 Å². The highest BCUT2D eigenvalue weighted by atomic mass is 28.4. The van der Waals surface area contributed by atoms with E-state index in [1.807, 2.05) is 18.2 Å². The Bertz CT molecular complexity index is 1090. The van der Waals surface area contributed by atoms with Gasteiger partial charge in [-0.15, -0.1) is 0 Å². The Morgan fingerprint density at radius 3 is 1.83 bits per heavy atom. The fourth-order valence-corrected chi connectivity index (χ4v) is 5.16. The highest BCUT2D eigenvalue weighted by Gasteiger charge is 2.41. The summed E-state index contributed by atoms with van der Waals surface area (Å²) in [5.41, 5.74) is 1.91. The molecule has 0 atom stereocenters. The number of hydrogen-bond donors (Lipinski definition) is 0. The first-order chi connectivity index (χ1) is 16.0. The summed E-state index contributed by atoms with van der Waals surface area (Å²) < 4.78 is 30.1. The predicted molar refractivity (Wildman–Crippen MR) is 150 cm³/mol. The van der Waals surface area contributed by atoms with Crippen molar-refractivity contribution in [3.8, 4) is 28.7 Å². The van der Waals surface area contributed by atoms with Gasteiger partial charge in [-0.2, -0.15) is 0 Å². The van der Waals surface area contributed by atoms with Crippen LogP contribution in [0.15, 0.2) is 30.3 Å². The first-order valence-corrected chi connectivity index (χ1v) is 18.0. The molecule has 0 saturated carbocycles. The molecule has 0 bridgehead atoms. The Morgan fingerprint density at radius 2 is 1.26 bits per heavy atom. The number of hydrogen-bond acceptors (Lipinski definition) is 5. The van der Waals surface area contributed by atoms with Crippen LogP contribution in [-0.2, 0) is 0 Å². The summed E-state index contributed by atoms with van der Waals surface area (Å²) in [6, 6.07) is 10.0. The molecule has 0 spiro atoms. The summed E-state index contributed by atoms with van der Waals surface area (Å²) in [5.74, 6) is 3.87. The number of rotatable bonds is 7. The average Bonchev–Trinajstić information content (AvgIpc) is 3.17. The topological polar surface area (TPSA) is 46.2 Å². The highest BCUT2D eigenvalue weighted by Crippen LogP contribution is 2.42. The van der Waals surface area contributed by atoms with Crippen LogP contribution in [0.4, 0.5) is 0 Å². The molecule has 0 aromatic heterocycles. The van der Waals surface area contributed by atoms with Gasteiger partial charge in [0.15, 0.2) is 11.5 Å². The summed E-state index contributed by atoms with van der Waals surface area (Å²) >= 11 is 0. The van der Waals surface area contributed by atoms with Crippen molar-refractivity contribution in [2.24, 2.45) is 0 Å². The van der Waals surface area contributed by atoms with Crippen LogP contribution in [0.5, 0.6) is 28.7 Å². The lowest BCUT2D eigenvalue weighted by Crippen LogP contribution is -2.44. The van der Waals surface area contributed by atoms with Crippen LogP contribution in [0.3, 0.4) is 0 Å². The van der Waals surface area contributed by atoms with E-state index in [2.05, 4.69) is 92.0 Å². The van der Waals surface area contributed by atoms with Crippen molar-refractivity contribution in [3.05, 3.63) is 41.5 Å². The molecule has 192 valence electrons. The van der Waals surface area contributed by atoms with Crippen LogP contribution in [0, 0.1) is 0 Å². The van der Waals surface area contributed by atoms with Gasteiger partial charge < -0.3 is 23.1 Å². The van der Waals surface area contributed by atoms with Crippen molar-refractivity contribution in [2.75, 3.05) is 13.9 Å². The van der Waals surface area contributed by atoms with Gasteiger partial charge in [0.1, 0.15) is 17.2 Å². The molecule has 0 N–H and O–H groups in total. The molecule has 35 heavy (non-hydrogen) atoms. The van der Waals surface area contributed by atoms with Crippen molar-refractivity contribution >= 4 is 28.8 Å². The minimum Gasteiger partial charge on any atom is -0.543 e. The third-order valence-electron chi connectivity index (χ3n) is 7.50. The molecule has 1 aliphatic heterocycles. The number of methoxy groups -OCH3 is 1. The lowest BCUT2D eigenvalue weighted by molar-refractivity contribution is 0.174. The van der Waals surface area contributed by atoms with Crippen molar-refractivity contribution in [3.63, 3.8) is 0 Å². The zero-order valence-electron chi connectivity index (χ0n) is 23.3. The molecule has 0 saturated heterocycles. The Labute approximate surface area is 213 Å². The fraction of sp³-hybridized carbons (Fsp3) is 0.500. The average molecular weight is 515 g/mol. The molecular formula is C28H42O5Si2. The Balaban J connectivity index is 2.02. The van der Waals surface area contributed by atoms with E-state index in [1.54, 1.807) is 7.11 Å². The monoisotopic (exact) mass is 514 g/mol. The summed E-state index contributed by atoms with van der Waals surface area (Å²) in [4.78, 5) is 0. The molecule has 2 aromatic carbocycles. The van der Waals surface area contributed by atoms with E-state index in [-0.39, 0.29) is 16.9 Å². The lowest BCUT2D eigenvalue weighted by atomic mass is 10.1. The zero-order valence-corrected chi connectivity index (χ0v) is 25.3. The Morgan fingerprint density at radius 1 is 0.714 bits per heavy atom. The summed E-state index contributed by atoms with van der Waals surface area (Å²) in [7, 11) is -2.39. The van der Waals surface area contributed by atoms with E-state index in [0.29, 0.717) is 5.75 Å². The van der Waals surface area contributed by atoms with E-state index in [0.717, 1.165) is 34.1 Å². The van der Waals surface area contributed by atoms with Gasteiger partial charge in [-0.05, 0) is 54.5 Å². The largest absolute Gasteiger partial charge is 0.543 e. The fourth-order valence-electron chi connectivity index (χ4n) is 3.11. The molecule has 2 aromatic rings. The van der Waals surface area contributed by atoms with Crippen molar-refractivity contribution < 1.29 is 23.1 Å².